The molecule has 0 spiro atoms. The van der Waals surface area contributed by atoms with Gasteiger partial charge >= 0.3 is 6.16 Å². The van der Waals surface area contributed by atoms with Gasteiger partial charge in [0.05, 0.1) is 0 Å². The molecule has 0 aliphatic rings. The van der Waals surface area contributed by atoms with Crippen LogP contribution >= 0.6 is 0 Å². The van der Waals surface area contributed by atoms with Crippen LogP contribution in [-0.4, -0.2) is 17.4 Å². The molecule has 0 N–H and O–H groups in total. The molecular weight excluding hydrogens is 220 g/mol. The summed E-state index contributed by atoms with van der Waals surface area (Å²) in [5, 5.41) is 0. The summed E-state index contributed by atoms with van der Waals surface area (Å²) in [6, 6.07) is 0. The van der Waals surface area contributed by atoms with Crippen molar-refractivity contribution in [3.63, 3.8) is 0 Å². The Morgan fingerprint density at radius 3 is 1.65 bits per heavy atom. The maximum Gasteiger partial charge on any atom is 0.541 e. The minimum Gasteiger partial charge on any atom is -0.426 e. The summed E-state index contributed by atoms with van der Waals surface area (Å²) in [6.07, 6.45) is 2.28. The predicted molar refractivity (Wildman–Crippen MR) is 66.6 cm³/mol. The topological polar surface area (TPSA) is 44.8 Å². The second-order valence-electron chi connectivity index (χ2n) is 4.83. The van der Waals surface area contributed by atoms with Crippen molar-refractivity contribution in [3.8, 4) is 0 Å². The van der Waals surface area contributed by atoms with E-state index in [-0.39, 0.29) is 0 Å². The molecule has 0 aromatic carbocycles. The van der Waals surface area contributed by atoms with Gasteiger partial charge in [-0.25, -0.2) is 4.79 Å². The van der Waals surface area contributed by atoms with E-state index in [0.29, 0.717) is 0 Å². The summed E-state index contributed by atoms with van der Waals surface area (Å²) in [5.74, 6) is 0. The number of rotatable bonds is 7. The summed E-state index contributed by atoms with van der Waals surface area (Å²) >= 11 is 0. The number of carbonyl (C=O) groups excluding carboxylic acids is 1. The molecular formula is C13H26O4. The highest BCUT2D eigenvalue weighted by Gasteiger charge is 2.29. The highest BCUT2D eigenvalue weighted by Crippen LogP contribution is 2.23. The van der Waals surface area contributed by atoms with Gasteiger partial charge in [-0.05, 0) is 39.5 Å². The van der Waals surface area contributed by atoms with Crippen molar-refractivity contribution in [1.82, 2.24) is 0 Å². The van der Waals surface area contributed by atoms with E-state index < -0.39 is 17.4 Å². The third-order valence-corrected chi connectivity index (χ3v) is 3.63. The van der Waals surface area contributed by atoms with Crippen molar-refractivity contribution in [1.29, 1.82) is 0 Å². The van der Waals surface area contributed by atoms with E-state index in [2.05, 4.69) is 0 Å². The quantitative estimate of drug-likeness (QED) is 0.383. The highest BCUT2D eigenvalue weighted by molar-refractivity contribution is 5.59. The minimum absolute atomic E-state index is 0.437. The van der Waals surface area contributed by atoms with Crippen LogP contribution in [0.2, 0.25) is 0 Å². The molecule has 0 aliphatic heterocycles. The molecule has 0 saturated carbocycles. The monoisotopic (exact) mass is 246 g/mol. The lowest BCUT2D eigenvalue weighted by atomic mass is 10.0. The number of ether oxygens (including phenoxy) is 1. The van der Waals surface area contributed by atoms with Gasteiger partial charge in [0, 0.05) is 0 Å². The molecule has 17 heavy (non-hydrogen) atoms. The van der Waals surface area contributed by atoms with Gasteiger partial charge in [-0.2, -0.15) is 4.89 Å². The van der Waals surface area contributed by atoms with Crippen LogP contribution in [0.1, 0.15) is 67.2 Å². The highest BCUT2D eigenvalue weighted by atomic mass is 17.2. The molecule has 0 heterocycles. The van der Waals surface area contributed by atoms with E-state index in [9.17, 15) is 4.79 Å². The van der Waals surface area contributed by atoms with E-state index in [1.54, 1.807) is 0 Å². The summed E-state index contributed by atoms with van der Waals surface area (Å²) in [5.41, 5.74) is -0.914. The van der Waals surface area contributed by atoms with Crippen LogP contribution in [-0.2, 0) is 14.5 Å². The lowest BCUT2D eigenvalue weighted by Gasteiger charge is -2.28. The summed E-state index contributed by atoms with van der Waals surface area (Å²) in [6.45, 7) is 11.7. The maximum absolute atomic E-state index is 11.5. The van der Waals surface area contributed by atoms with Gasteiger partial charge in [-0.3, -0.25) is 4.89 Å². The molecule has 0 fully saturated rings. The van der Waals surface area contributed by atoms with Crippen LogP contribution in [0.3, 0.4) is 0 Å². The van der Waals surface area contributed by atoms with Crippen molar-refractivity contribution in [3.05, 3.63) is 0 Å². The molecule has 0 atom stereocenters. The van der Waals surface area contributed by atoms with Crippen LogP contribution in [0.15, 0.2) is 0 Å². The first-order valence-corrected chi connectivity index (χ1v) is 6.43. The molecule has 0 bridgehead atoms. The van der Waals surface area contributed by atoms with E-state index in [4.69, 9.17) is 14.5 Å². The molecule has 0 unspecified atom stereocenters. The molecule has 0 amide bonds. The van der Waals surface area contributed by atoms with Gasteiger partial charge < -0.3 is 4.74 Å². The van der Waals surface area contributed by atoms with Crippen LogP contribution in [0.4, 0.5) is 4.79 Å². The lowest BCUT2D eigenvalue weighted by Crippen LogP contribution is -2.33. The van der Waals surface area contributed by atoms with Crippen LogP contribution in [0, 0.1) is 0 Å². The third kappa shape index (κ3) is 5.39. The molecule has 0 aromatic heterocycles. The first kappa shape index (κ1) is 16.2. The van der Waals surface area contributed by atoms with Gasteiger partial charge in [0.25, 0.3) is 0 Å². The molecule has 4 heteroatoms. The largest absolute Gasteiger partial charge is 0.541 e. The van der Waals surface area contributed by atoms with Gasteiger partial charge in [-0.15, -0.1) is 0 Å². The first-order chi connectivity index (χ1) is 7.84. The predicted octanol–water partition coefficient (Wildman–Crippen LogP) is 4.23. The second kappa shape index (κ2) is 6.84. The second-order valence-corrected chi connectivity index (χ2v) is 4.83. The average molecular weight is 246 g/mol. The van der Waals surface area contributed by atoms with Crippen molar-refractivity contribution in [2.75, 3.05) is 0 Å². The molecule has 0 aromatic rings. The summed E-state index contributed by atoms with van der Waals surface area (Å²) in [4.78, 5) is 21.4. The Balaban J connectivity index is 4.20. The third-order valence-electron chi connectivity index (χ3n) is 3.63. The zero-order valence-corrected chi connectivity index (χ0v) is 12.0. The Bertz CT molecular complexity index is 230. The standard InChI is InChI=1S/C13H26O4/c1-7-12(5,8-2)15-11(14)16-17-13(6,9-3)10-4/h7-10H2,1-6H3. The summed E-state index contributed by atoms with van der Waals surface area (Å²) < 4.78 is 5.23. The van der Waals surface area contributed by atoms with E-state index in [1.807, 2.05) is 41.5 Å². The fourth-order valence-electron chi connectivity index (χ4n) is 1.11. The molecule has 102 valence electrons. The number of hydrogen-bond donors (Lipinski definition) is 0. The average Bonchev–Trinajstić information content (AvgIpc) is 2.35. The zero-order valence-electron chi connectivity index (χ0n) is 12.0. The van der Waals surface area contributed by atoms with Crippen molar-refractivity contribution >= 4 is 6.16 Å². The Labute approximate surface area is 105 Å². The molecule has 0 rings (SSSR count). The molecule has 0 radical (unpaired) electrons. The fourth-order valence-corrected chi connectivity index (χ4v) is 1.11. The Kier molecular flexibility index (Phi) is 6.53. The van der Waals surface area contributed by atoms with Crippen LogP contribution in [0.25, 0.3) is 0 Å². The van der Waals surface area contributed by atoms with Gasteiger partial charge in [0.1, 0.15) is 11.2 Å². The van der Waals surface area contributed by atoms with Crippen molar-refractivity contribution in [2.24, 2.45) is 0 Å². The molecule has 0 saturated heterocycles. The smallest absolute Gasteiger partial charge is 0.426 e. The van der Waals surface area contributed by atoms with E-state index in [1.165, 1.54) is 0 Å². The van der Waals surface area contributed by atoms with Crippen LogP contribution in [0.5, 0.6) is 0 Å². The maximum atomic E-state index is 11.5. The fraction of sp³-hybridized carbons (Fsp3) is 0.923. The van der Waals surface area contributed by atoms with Crippen LogP contribution < -0.4 is 0 Å². The van der Waals surface area contributed by atoms with Crippen molar-refractivity contribution in [2.45, 2.75) is 78.4 Å². The molecule has 0 aliphatic carbocycles. The van der Waals surface area contributed by atoms with Gasteiger partial charge in [0.2, 0.25) is 0 Å². The Morgan fingerprint density at radius 1 is 0.882 bits per heavy atom. The number of carbonyl (C=O) groups is 1. The van der Waals surface area contributed by atoms with Gasteiger partial charge in [-0.1, -0.05) is 27.7 Å². The van der Waals surface area contributed by atoms with Gasteiger partial charge in [0.15, 0.2) is 0 Å². The number of hydrogen-bond acceptors (Lipinski definition) is 4. The Hall–Kier alpha value is -0.770. The lowest BCUT2D eigenvalue weighted by molar-refractivity contribution is -0.327. The normalized spacial score (nSPS) is 12.4. The Morgan fingerprint density at radius 2 is 1.29 bits per heavy atom. The molecule has 4 nitrogen and oxygen atoms in total. The first-order valence-electron chi connectivity index (χ1n) is 6.43. The summed E-state index contributed by atoms with van der Waals surface area (Å²) in [7, 11) is 0. The van der Waals surface area contributed by atoms with E-state index in [0.717, 1.165) is 25.7 Å². The SMILES string of the molecule is CCC(C)(CC)OOC(=O)OC(C)(CC)CC. The van der Waals surface area contributed by atoms with Crippen molar-refractivity contribution < 1.29 is 19.3 Å². The minimum atomic E-state index is -0.760. The van der Waals surface area contributed by atoms with E-state index >= 15 is 0 Å². The zero-order chi connectivity index (χ0) is 13.5.